The molecule has 0 fully saturated rings. The van der Waals surface area contributed by atoms with Gasteiger partial charge >= 0.3 is 0 Å². The first-order valence-corrected chi connectivity index (χ1v) is 8.17. The number of aromatic nitrogens is 4. The fraction of sp³-hybridized carbons (Fsp3) is 0.294. The highest BCUT2D eigenvalue weighted by atomic mass is 16.2. The van der Waals surface area contributed by atoms with Gasteiger partial charge in [-0.1, -0.05) is 6.07 Å². The maximum absolute atomic E-state index is 12.1. The second kappa shape index (κ2) is 5.44. The summed E-state index contributed by atoms with van der Waals surface area (Å²) in [6, 6.07) is 5.78. The summed E-state index contributed by atoms with van der Waals surface area (Å²) in [5.74, 6) is 1.16. The van der Waals surface area contributed by atoms with Gasteiger partial charge in [-0.15, -0.1) is 5.10 Å². The molecule has 3 aromatic rings. The van der Waals surface area contributed by atoms with Gasteiger partial charge in [0.15, 0.2) is 11.5 Å². The first-order valence-electron chi connectivity index (χ1n) is 8.17. The van der Waals surface area contributed by atoms with Crippen LogP contribution in [0.2, 0.25) is 0 Å². The minimum absolute atomic E-state index is 0.00635. The van der Waals surface area contributed by atoms with Crippen molar-refractivity contribution < 1.29 is 4.79 Å². The predicted octanol–water partition coefficient (Wildman–Crippen LogP) is 2.53. The average molecular weight is 337 g/mol. The molecule has 2 aromatic heterocycles. The molecule has 0 spiro atoms. The molecular formula is C17H19N7O. The van der Waals surface area contributed by atoms with E-state index in [2.05, 4.69) is 31.0 Å². The number of benzene rings is 1. The van der Waals surface area contributed by atoms with Gasteiger partial charge in [-0.2, -0.15) is 4.98 Å². The largest absolute Gasteiger partial charge is 0.367 e. The molecule has 3 heterocycles. The van der Waals surface area contributed by atoms with Crippen molar-refractivity contribution in [3.05, 3.63) is 36.2 Å². The predicted molar refractivity (Wildman–Crippen MR) is 96.3 cm³/mol. The summed E-state index contributed by atoms with van der Waals surface area (Å²) in [4.78, 5) is 20.8. The number of carbonyl (C=O) groups is 1. The number of nitrogens with zero attached hydrogens (tertiary/aromatic N) is 4. The van der Waals surface area contributed by atoms with Crippen LogP contribution in [0.3, 0.4) is 0 Å². The number of hydrogen-bond donors (Lipinski definition) is 3. The smallest absolute Gasteiger partial charge is 0.247 e. The van der Waals surface area contributed by atoms with Crippen LogP contribution in [-0.2, 0) is 10.2 Å². The molecule has 0 atom stereocenters. The quantitative estimate of drug-likeness (QED) is 0.677. The van der Waals surface area contributed by atoms with E-state index in [1.165, 1.54) is 0 Å². The van der Waals surface area contributed by atoms with Gasteiger partial charge in [0, 0.05) is 30.3 Å². The number of nitrogens with one attached hydrogen (secondary N) is 3. The zero-order valence-electron chi connectivity index (χ0n) is 14.3. The van der Waals surface area contributed by atoms with Gasteiger partial charge in [-0.05, 0) is 38.5 Å². The Hall–Kier alpha value is -3.16. The highest BCUT2D eigenvalue weighted by Gasteiger charge is 2.38. The maximum atomic E-state index is 12.1. The number of rotatable bonds is 4. The molecule has 0 radical (unpaired) electrons. The highest BCUT2D eigenvalue weighted by Crippen LogP contribution is 2.38. The third-order valence-corrected chi connectivity index (χ3v) is 4.36. The zero-order valence-corrected chi connectivity index (χ0v) is 14.3. The van der Waals surface area contributed by atoms with Crippen LogP contribution < -0.4 is 16.0 Å². The van der Waals surface area contributed by atoms with Crippen molar-refractivity contribution >= 4 is 34.7 Å². The molecule has 0 saturated carbocycles. The van der Waals surface area contributed by atoms with E-state index in [1.54, 1.807) is 16.9 Å². The summed E-state index contributed by atoms with van der Waals surface area (Å²) in [6.45, 7) is 6.59. The number of carbonyl (C=O) groups excluding carboxylic acids is 1. The van der Waals surface area contributed by atoms with Crippen molar-refractivity contribution in [2.45, 2.75) is 26.2 Å². The third-order valence-electron chi connectivity index (χ3n) is 4.36. The zero-order chi connectivity index (χ0) is 17.6. The Bertz CT molecular complexity index is 976. The van der Waals surface area contributed by atoms with Crippen LogP contribution in [0.1, 0.15) is 26.3 Å². The van der Waals surface area contributed by atoms with Gasteiger partial charge in [-0.3, -0.25) is 4.79 Å². The molecule has 1 aliphatic heterocycles. The summed E-state index contributed by atoms with van der Waals surface area (Å²) in [7, 11) is 0. The SMILES string of the molecule is CCNc1nccn2nc(Nc3ccc4c(c3)NC(=O)C4(C)C)nc12. The van der Waals surface area contributed by atoms with E-state index in [0.29, 0.717) is 17.4 Å². The Kier molecular flexibility index (Phi) is 3.34. The summed E-state index contributed by atoms with van der Waals surface area (Å²) in [5.41, 5.74) is 2.76. The Labute approximate surface area is 144 Å². The lowest BCUT2D eigenvalue weighted by molar-refractivity contribution is -0.119. The molecule has 25 heavy (non-hydrogen) atoms. The van der Waals surface area contributed by atoms with E-state index in [-0.39, 0.29) is 5.91 Å². The molecule has 0 unspecified atom stereocenters. The second-order valence-electron chi connectivity index (χ2n) is 6.47. The molecule has 128 valence electrons. The van der Waals surface area contributed by atoms with E-state index < -0.39 is 5.41 Å². The molecule has 1 amide bonds. The van der Waals surface area contributed by atoms with E-state index in [1.807, 2.05) is 39.0 Å². The van der Waals surface area contributed by atoms with Crippen LogP contribution in [0.25, 0.3) is 5.65 Å². The van der Waals surface area contributed by atoms with Gasteiger partial charge in [-0.25, -0.2) is 9.50 Å². The molecule has 3 N–H and O–H groups in total. The lowest BCUT2D eigenvalue weighted by Gasteiger charge is -2.14. The first-order chi connectivity index (χ1) is 12.0. The summed E-state index contributed by atoms with van der Waals surface area (Å²) < 4.78 is 1.67. The normalized spacial score (nSPS) is 15.1. The third kappa shape index (κ3) is 2.46. The van der Waals surface area contributed by atoms with Crippen molar-refractivity contribution in [2.24, 2.45) is 0 Å². The van der Waals surface area contributed by atoms with Gasteiger partial charge in [0.2, 0.25) is 11.9 Å². The van der Waals surface area contributed by atoms with Crippen molar-refractivity contribution in [1.82, 2.24) is 19.6 Å². The van der Waals surface area contributed by atoms with Crippen molar-refractivity contribution in [3.8, 4) is 0 Å². The van der Waals surface area contributed by atoms with E-state index in [9.17, 15) is 4.79 Å². The van der Waals surface area contributed by atoms with Crippen LogP contribution in [-0.4, -0.2) is 32.0 Å². The topological polar surface area (TPSA) is 96.2 Å². The van der Waals surface area contributed by atoms with Crippen molar-refractivity contribution in [1.29, 1.82) is 0 Å². The first kappa shape index (κ1) is 15.4. The minimum atomic E-state index is -0.512. The Morgan fingerprint density at radius 1 is 1.32 bits per heavy atom. The van der Waals surface area contributed by atoms with Gasteiger partial charge < -0.3 is 16.0 Å². The standard InChI is InChI=1S/C17H19N7O/c1-4-18-13-14-22-16(23-24(14)8-7-19-13)20-10-5-6-11-12(9-10)21-15(25)17(11,2)3/h5-9H,4H2,1-3H3,(H,18,19)(H,20,23)(H,21,25). The Balaban J connectivity index is 1.65. The molecule has 0 saturated heterocycles. The molecule has 0 aliphatic carbocycles. The maximum Gasteiger partial charge on any atom is 0.247 e. The summed E-state index contributed by atoms with van der Waals surface area (Å²) in [5, 5.41) is 13.7. The fourth-order valence-corrected chi connectivity index (χ4v) is 2.96. The van der Waals surface area contributed by atoms with Crippen LogP contribution in [0.4, 0.5) is 23.1 Å². The molecule has 8 heteroatoms. The van der Waals surface area contributed by atoms with E-state index in [4.69, 9.17) is 0 Å². The average Bonchev–Trinajstić information content (AvgIpc) is 3.07. The van der Waals surface area contributed by atoms with Crippen LogP contribution in [0.5, 0.6) is 0 Å². The highest BCUT2D eigenvalue weighted by molar-refractivity contribution is 6.06. The molecular weight excluding hydrogens is 318 g/mol. The molecule has 8 nitrogen and oxygen atoms in total. The Morgan fingerprint density at radius 3 is 2.96 bits per heavy atom. The summed E-state index contributed by atoms with van der Waals surface area (Å²) in [6.07, 6.45) is 3.43. The van der Waals surface area contributed by atoms with Crippen molar-refractivity contribution in [2.75, 3.05) is 22.5 Å². The van der Waals surface area contributed by atoms with Gasteiger partial charge in [0.1, 0.15) is 0 Å². The van der Waals surface area contributed by atoms with Crippen molar-refractivity contribution in [3.63, 3.8) is 0 Å². The number of hydrogen-bond acceptors (Lipinski definition) is 6. The number of amides is 1. The molecule has 4 rings (SSSR count). The van der Waals surface area contributed by atoms with E-state index >= 15 is 0 Å². The lowest BCUT2D eigenvalue weighted by Crippen LogP contribution is -2.26. The number of anilines is 4. The molecule has 1 aromatic carbocycles. The van der Waals surface area contributed by atoms with Crippen LogP contribution in [0, 0.1) is 0 Å². The second-order valence-corrected chi connectivity index (χ2v) is 6.47. The fourth-order valence-electron chi connectivity index (χ4n) is 2.96. The number of fused-ring (bicyclic) bond motifs is 2. The molecule has 0 bridgehead atoms. The van der Waals surface area contributed by atoms with Crippen LogP contribution >= 0.6 is 0 Å². The lowest BCUT2D eigenvalue weighted by atomic mass is 9.86. The van der Waals surface area contributed by atoms with Gasteiger partial charge in [0.05, 0.1) is 5.41 Å². The van der Waals surface area contributed by atoms with E-state index in [0.717, 1.165) is 23.5 Å². The van der Waals surface area contributed by atoms with Gasteiger partial charge in [0.25, 0.3) is 0 Å². The minimum Gasteiger partial charge on any atom is -0.367 e. The Morgan fingerprint density at radius 2 is 2.16 bits per heavy atom. The monoisotopic (exact) mass is 337 g/mol. The van der Waals surface area contributed by atoms with Crippen LogP contribution in [0.15, 0.2) is 30.6 Å². The summed E-state index contributed by atoms with van der Waals surface area (Å²) >= 11 is 0. The molecule has 1 aliphatic rings.